The third-order valence-corrected chi connectivity index (χ3v) is 4.59. The van der Waals surface area contributed by atoms with E-state index in [4.69, 9.17) is 10.1 Å². The summed E-state index contributed by atoms with van der Waals surface area (Å²) in [5, 5.41) is 14.6. The minimum atomic E-state index is -0.694. The highest BCUT2D eigenvalue weighted by Crippen LogP contribution is 2.27. The van der Waals surface area contributed by atoms with Crippen molar-refractivity contribution in [1.82, 2.24) is 14.8 Å². The maximum atomic E-state index is 10.8. The maximum Gasteiger partial charge on any atom is 0.303 e. The summed E-state index contributed by atoms with van der Waals surface area (Å²) in [5.41, 5.74) is 2.00. The van der Waals surface area contributed by atoms with Crippen molar-refractivity contribution in [3.63, 3.8) is 0 Å². The van der Waals surface area contributed by atoms with Gasteiger partial charge in [0.05, 0.1) is 0 Å². The van der Waals surface area contributed by atoms with Gasteiger partial charge in [-0.1, -0.05) is 6.92 Å². The standard InChI is InChI=1S/C17H24N4O2/c1-3-6-21-11-14-12(2)9-15(18-17(14)19-21)20-7-4-13(5-8-20)10-16(22)23/h9,11,13H,3-8,10H2,1-2H3,(H,22,23). The van der Waals surface area contributed by atoms with Crippen molar-refractivity contribution in [2.75, 3.05) is 18.0 Å². The van der Waals surface area contributed by atoms with Crippen LogP contribution in [0.5, 0.6) is 0 Å². The lowest BCUT2D eigenvalue weighted by Gasteiger charge is -2.32. The first-order chi connectivity index (χ1) is 11.1. The van der Waals surface area contributed by atoms with Crippen LogP contribution < -0.4 is 4.90 Å². The Morgan fingerprint density at radius 2 is 2.13 bits per heavy atom. The Kier molecular flexibility index (Phi) is 4.50. The fourth-order valence-corrected chi connectivity index (χ4v) is 3.30. The normalized spacial score (nSPS) is 16.2. The molecule has 0 saturated carbocycles. The van der Waals surface area contributed by atoms with Gasteiger partial charge in [-0.3, -0.25) is 9.48 Å². The summed E-state index contributed by atoms with van der Waals surface area (Å²) in [4.78, 5) is 17.8. The Bertz CT molecular complexity index is 702. The largest absolute Gasteiger partial charge is 0.481 e. The van der Waals surface area contributed by atoms with Gasteiger partial charge >= 0.3 is 5.97 Å². The summed E-state index contributed by atoms with van der Waals surface area (Å²) >= 11 is 0. The SMILES string of the molecule is CCCn1cc2c(C)cc(N3CCC(CC(=O)O)CC3)nc2n1. The van der Waals surface area contributed by atoms with E-state index in [9.17, 15) is 4.79 Å². The number of nitrogens with zero attached hydrogens (tertiary/aromatic N) is 4. The topological polar surface area (TPSA) is 71.2 Å². The van der Waals surface area contributed by atoms with E-state index in [-0.39, 0.29) is 12.3 Å². The quantitative estimate of drug-likeness (QED) is 0.918. The predicted octanol–water partition coefficient (Wildman–Crippen LogP) is 2.84. The second-order valence-electron chi connectivity index (χ2n) is 6.46. The smallest absolute Gasteiger partial charge is 0.303 e. The van der Waals surface area contributed by atoms with Crippen LogP contribution in [-0.4, -0.2) is 38.9 Å². The Morgan fingerprint density at radius 3 is 2.78 bits per heavy atom. The van der Waals surface area contributed by atoms with E-state index in [1.807, 2.05) is 4.68 Å². The third kappa shape index (κ3) is 3.46. The van der Waals surface area contributed by atoms with Gasteiger partial charge in [-0.05, 0) is 43.7 Å². The molecule has 1 saturated heterocycles. The number of piperidine rings is 1. The van der Waals surface area contributed by atoms with Crippen LogP contribution in [0.25, 0.3) is 11.0 Å². The molecular weight excluding hydrogens is 292 g/mol. The molecule has 0 aromatic carbocycles. The molecule has 1 aliphatic heterocycles. The lowest BCUT2D eigenvalue weighted by Crippen LogP contribution is -2.34. The number of pyridine rings is 1. The number of aromatic nitrogens is 3. The van der Waals surface area contributed by atoms with Crippen LogP contribution in [0, 0.1) is 12.8 Å². The number of rotatable bonds is 5. The Morgan fingerprint density at radius 1 is 1.39 bits per heavy atom. The minimum absolute atomic E-state index is 0.279. The molecule has 124 valence electrons. The van der Waals surface area contributed by atoms with Crippen molar-refractivity contribution in [2.24, 2.45) is 5.92 Å². The third-order valence-electron chi connectivity index (χ3n) is 4.59. The van der Waals surface area contributed by atoms with Gasteiger partial charge in [0, 0.05) is 37.6 Å². The molecule has 0 bridgehead atoms. The first-order valence-corrected chi connectivity index (χ1v) is 8.38. The zero-order valence-electron chi connectivity index (χ0n) is 13.8. The second-order valence-corrected chi connectivity index (χ2v) is 6.46. The Labute approximate surface area is 136 Å². The molecule has 0 aliphatic carbocycles. The molecule has 0 amide bonds. The summed E-state index contributed by atoms with van der Waals surface area (Å²) in [5.74, 6) is 0.558. The van der Waals surface area contributed by atoms with Crippen LogP contribution in [0.15, 0.2) is 12.3 Å². The lowest BCUT2D eigenvalue weighted by molar-refractivity contribution is -0.138. The second kappa shape index (κ2) is 6.56. The number of fused-ring (bicyclic) bond motifs is 1. The number of hydrogen-bond acceptors (Lipinski definition) is 4. The Balaban J connectivity index is 1.77. The molecule has 6 nitrogen and oxygen atoms in total. The average Bonchev–Trinajstić information content (AvgIpc) is 2.91. The number of hydrogen-bond donors (Lipinski definition) is 1. The molecule has 23 heavy (non-hydrogen) atoms. The van der Waals surface area contributed by atoms with Gasteiger partial charge in [0.25, 0.3) is 0 Å². The molecule has 0 atom stereocenters. The zero-order chi connectivity index (χ0) is 16.4. The minimum Gasteiger partial charge on any atom is -0.481 e. The van der Waals surface area contributed by atoms with E-state index in [2.05, 4.69) is 36.1 Å². The molecule has 1 aliphatic rings. The van der Waals surface area contributed by atoms with Crippen LogP contribution >= 0.6 is 0 Å². The van der Waals surface area contributed by atoms with E-state index in [0.717, 1.165) is 55.7 Å². The van der Waals surface area contributed by atoms with E-state index < -0.39 is 5.97 Å². The number of aryl methyl sites for hydroxylation is 2. The molecule has 3 heterocycles. The predicted molar refractivity (Wildman–Crippen MR) is 89.7 cm³/mol. The summed E-state index contributed by atoms with van der Waals surface area (Å²) in [6.07, 6.45) is 5.23. The van der Waals surface area contributed by atoms with E-state index >= 15 is 0 Å². The van der Waals surface area contributed by atoms with Crippen LogP contribution in [0.3, 0.4) is 0 Å². The number of anilines is 1. The average molecular weight is 316 g/mol. The van der Waals surface area contributed by atoms with E-state index in [1.54, 1.807) is 0 Å². The fraction of sp³-hybridized carbons (Fsp3) is 0.588. The molecule has 2 aromatic rings. The highest BCUT2D eigenvalue weighted by atomic mass is 16.4. The first-order valence-electron chi connectivity index (χ1n) is 8.38. The van der Waals surface area contributed by atoms with E-state index in [0.29, 0.717) is 0 Å². The summed E-state index contributed by atoms with van der Waals surface area (Å²) in [7, 11) is 0. The van der Waals surface area contributed by atoms with Gasteiger partial charge in [0.15, 0.2) is 5.65 Å². The van der Waals surface area contributed by atoms with Crippen molar-refractivity contribution in [1.29, 1.82) is 0 Å². The molecule has 2 aromatic heterocycles. The van der Waals surface area contributed by atoms with Gasteiger partial charge in [-0.2, -0.15) is 5.10 Å². The van der Waals surface area contributed by atoms with Crippen molar-refractivity contribution in [3.05, 3.63) is 17.8 Å². The molecule has 0 spiro atoms. The Hall–Kier alpha value is -2.11. The number of carboxylic acids is 1. The van der Waals surface area contributed by atoms with Crippen molar-refractivity contribution < 1.29 is 9.90 Å². The summed E-state index contributed by atoms with van der Waals surface area (Å²) in [6.45, 7) is 6.88. The number of carboxylic acid groups (broad SMARTS) is 1. The number of aliphatic carboxylic acids is 1. The molecule has 1 fully saturated rings. The maximum absolute atomic E-state index is 10.8. The van der Waals surface area contributed by atoms with Crippen molar-refractivity contribution in [3.8, 4) is 0 Å². The molecule has 6 heteroatoms. The van der Waals surface area contributed by atoms with Crippen LogP contribution in [0.4, 0.5) is 5.82 Å². The number of carbonyl (C=O) groups is 1. The summed E-state index contributed by atoms with van der Waals surface area (Å²) < 4.78 is 1.97. The van der Waals surface area contributed by atoms with Crippen LogP contribution in [0.1, 0.15) is 38.2 Å². The van der Waals surface area contributed by atoms with Crippen molar-refractivity contribution >= 4 is 22.8 Å². The van der Waals surface area contributed by atoms with Gasteiger partial charge in [-0.25, -0.2) is 4.98 Å². The van der Waals surface area contributed by atoms with Crippen LogP contribution in [0.2, 0.25) is 0 Å². The highest BCUT2D eigenvalue weighted by Gasteiger charge is 2.22. The first kappa shape index (κ1) is 15.8. The van der Waals surface area contributed by atoms with Crippen LogP contribution in [-0.2, 0) is 11.3 Å². The molecule has 0 radical (unpaired) electrons. The van der Waals surface area contributed by atoms with Crippen molar-refractivity contribution in [2.45, 2.75) is 46.1 Å². The molecule has 3 rings (SSSR count). The molecular formula is C17H24N4O2. The zero-order valence-corrected chi connectivity index (χ0v) is 13.8. The molecule has 0 unspecified atom stereocenters. The summed E-state index contributed by atoms with van der Waals surface area (Å²) in [6, 6.07) is 2.12. The highest BCUT2D eigenvalue weighted by molar-refractivity contribution is 5.80. The van der Waals surface area contributed by atoms with Gasteiger partial charge < -0.3 is 10.0 Å². The lowest BCUT2D eigenvalue weighted by atomic mass is 9.93. The fourth-order valence-electron chi connectivity index (χ4n) is 3.30. The molecule has 1 N–H and O–H groups in total. The van der Waals surface area contributed by atoms with Gasteiger partial charge in [-0.15, -0.1) is 0 Å². The monoisotopic (exact) mass is 316 g/mol. The van der Waals surface area contributed by atoms with Gasteiger partial charge in [0.2, 0.25) is 0 Å². The van der Waals surface area contributed by atoms with Gasteiger partial charge in [0.1, 0.15) is 5.82 Å². The van der Waals surface area contributed by atoms with E-state index in [1.165, 1.54) is 5.56 Å².